The molecule has 1 aromatic carbocycles. The molecule has 4 heteroatoms. The summed E-state index contributed by atoms with van der Waals surface area (Å²) in [6, 6.07) is 5.72. The van der Waals surface area contributed by atoms with Crippen molar-refractivity contribution >= 4 is 11.6 Å². The standard InChI is InChI=1S/C13H18N2O2/c1-8(14)9(2)17-11-4-5-12-10(7-11)3-6-13(16)15-12/h4-5,7-9H,3,6,14H2,1-2H3,(H,15,16)/t8-,9?/m1/s1. The Labute approximate surface area is 101 Å². The van der Waals surface area contributed by atoms with Crippen molar-refractivity contribution in [1.29, 1.82) is 0 Å². The number of hydrogen-bond donors (Lipinski definition) is 2. The van der Waals surface area contributed by atoms with Crippen LogP contribution in [0, 0.1) is 0 Å². The predicted molar refractivity (Wildman–Crippen MR) is 67.1 cm³/mol. The molecule has 0 saturated carbocycles. The first kappa shape index (κ1) is 11.9. The van der Waals surface area contributed by atoms with Crippen molar-refractivity contribution < 1.29 is 9.53 Å². The van der Waals surface area contributed by atoms with Crippen LogP contribution in [0.5, 0.6) is 5.75 Å². The van der Waals surface area contributed by atoms with E-state index in [4.69, 9.17) is 10.5 Å². The fourth-order valence-electron chi connectivity index (χ4n) is 1.76. The lowest BCUT2D eigenvalue weighted by Gasteiger charge is -2.21. The summed E-state index contributed by atoms with van der Waals surface area (Å²) in [5, 5.41) is 2.84. The molecule has 3 N–H and O–H groups in total. The van der Waals surface area contributed by atoms with Gasteiger partial charge in [0.2, 0.25) is 5.91 Å². The van der Waals surface area contributed by atoms with Gasteiger partial charge in [-0.1, -0.05) is 0 Å². The largest absolute Gasteiger partial charge is 0.489 e. The molecular weight excluding hydrogens is 216 g/mol. The van der Waals surface area contributed by atoms with Crippen LogP contribution in [0.1, 0.15) is 25.8 Å². The van der Waals surface area contributed by atoms with E-state index in [9.17, 15) is 4.79 Å². The molecule has 1 amide bonds. The van der Waals surface area contributed by atoms with Gasteiger partial charge in [-0.05, 0) is 44.0 Å². The van der Waals surface area contributed by atoms with E-state index in [0.29, 0.717) is 6.42 Å². The Balaban J connectivity index is 2.14. The van der Waals surface area contributed by atoms with Gasteiger partial charge in [0.05, 0.1) is 0 Å². The molecule has 0 bridgehead atoms. The second kappa shape index (κ2) is 4.75. The topological polar surface area (TPSA) is 64.3 Å². The molecule has 2 rings (SSSR count). The number of fused-ring (bicyclic) bond motifs is 1. The first-order valence-electron chi connectivity index (χ1n) is 5.91. The molecule has 1 heterocycles. The number of anilines is 1. The van der Waals surface area contributed by atoms with Gasteiger partial charge in [0.1, 0.15) is 11.9 Å². The molecule has 1 aliphatic heterocycles. The van der Waals surface area contributed by atoms with Gasteiger partial charge in [0.25, 0.3) is 0 Å². The van der Waals surface area contributed by atoms with E-state index >= 15 is 0 Å². The van der Waals surface area contributed by atoms with Gasteiger partial charge in [0, 0.05) is 18.2 Å². The lowest BCUT2D eigenvalue weighted by atomic mass is 10.0. The second-order valence-electron chi connectivity index (χ2n) is 4.55. The van der Waals surface area contributed by atoms with E-state index in [-0.39, 0.29) is 18.1 Å². The van der Waals surface area contributed by atoms with Gasteiger partial charge < -0.3 is 15.8 Å². The molecule has 0 aliphatic carbocycles. The lowest BCUT2D eigenvalue weighted by molar-refractivity contribution is -0.116. The van der Waals surface area contributed by atoms with Crippen LogP contribution in [0.15, 0.2) is 18.2 Å². The third-order valence-electron chi connectivity index (χ3n) is 3.03. The Bertz CT molecular complexity index is 429. The van der Waals surface area contributed by atoms with Crippen molar-refractivity contribution in [3.8, 4) is 5.75 Å². The maximum absolute atomic E-state index is 11.2. The number of aryl methyl sites for hydroxylation is 1. The first-order valence-corrected chi connectivity index (χ1v) is 5.91. The Kier molecular flexibility index (Phi) is 3.33. The molecule has 92 valence electrons. The summed E-state index contributed by atoms with van der Waals surface area (Å²) in [5.74, 6) is 0.889. The van der Waals surface area contributed by atoms with Crippen molar-refractivity contribution in [3.63, 3.8) is 0 Å². The molecule has 4 nitrogen and oxygen atoms in total. The summed E-state index contributed by atoms with van der Waals surface area (Å²) in [6.45, 7) is 3.87. The SMILES string of the molecule is CC(Oc1ccc2c(c1)CCC(=O)N2)[C@@H](C)N. The molecule has 1 unspecified atom stereocenters. The smallest absolute Gasteiger partial charge is 0.224 e. The van der Waals surface area contributed by atoms with Gasteiger partial charge in [-0.2, -0.15) is 0 Å². The number of carbonyl (C=O) groups is 1. The average molecular weight is 234 g/mol. The van der Waals surface area contributed by atoms with E-state index < -0.39 is 0 Å². The number of ether oxygens (including phenoxy) is 1. The van der Waals surface area contributed by atoms with E-state index in [1.165, 1.54) is 0 Å². The van der Waals surface area contributed by atoms with Crippen molar-refractivity contribution in [2.45, 2.75) is 38.8 Å². The molecule has 0 saturated heterocycles. The Hall–Kier alpha value is -1.55. The number of nitrogens with one attached hydrogen (secondary N) is 1. The molecule has 2 atom stereocenters. The molecular formula is C13H18N2O2. The maximum Gasteiger partial charge on any atom is 0.224 e. The highest BCUT2D eigenvalue weighted by Crippen LogP contribution is 2.27. The number of carbonyl (C=O) groups excluding carboxylic acids is 1. The minimum absolute atomic E-state index is 0.00858. The summed E-state index contributed by atoms with van der Waals surface area (Å²) in [6.07, 6.45) is 1.29. The zero-order valence-corrected chi connectivity index (χ0v) is 10.2. The van der Waals surface area contributed by atoms with Crippen molar-refractivity contribution in [3.05, 3.63) is 23.8 Å². The van der Waals surface area contributed by atoms with Crippen LogP contribution in [0.3, 0.4) is 0 Å². The van der Waals surface area contributed by atoms with Crippen molar-refractivity contribution in [1.82, 2.24) is 0 Å². The van der Waals surface area contributed by atoms with Crippen LogP contribution in [-0.4, -0.2) is 18.1 Å². The van der Waals surface area contributed by atoms with Gasteiger partial charge in [-0.3, -0.25) is 4.79 Å². The molecule has 1 aliphatic rings. The minimum Gasteiger partial charge on any atom is -0.489 e. The van der Waals surface area contributed by atoms with Gasteiger partial charge in [-0.15, -0.1) is 0 Å². The van der Waals surface area contributed by atoms with E-state index in [1.54, 1.807) is 0 Å². The van der Waals surface area contributed by atoms with Crippen LogP contribution >= 0.6 is 0 Å². The normalized spacial score (nSPS) is 17.9. The third-order valence-corrected chi connectivity index (χ3v) is 3.03. The molecule has 17 heavy (non-hydrogen) atoms. The van der Waals surface area contributed by atoms with Crippen LogP contribution in [0.4, 0.5) is 5.69 Å². The predicted octanol–water partition coefficient (Wildman–Crippen LogP) is 1.69. The fraction of sp³-hybridized carbons (Fsp3) is 0.462. The van der Waals surface area contributed by atoms with Gasteiger partial charge in [-0.25, -0.2) is 0 Å². The average Bonchev–Trinajstić information content (AvgIpc) is 2.29. The number of benzene rings is 1. The van der Waals surface area contributed by atoms with E-state index in [1.807, 2.05) is 32.0 Å². The number of hydrogen-bond acceptors (Lipinski definition) is 3. The highest BCUT2D eigenvalue weighted by Gasteiger charge is 2.16. The second-order valence-corrected chi connectivity index (χ2v) is 4.55. The summed E-state index contributed by atoms with van der Waals surface area (Å²) in [4.78, 5) is 11.2. The maximum atomic E-state index is 11.2. The minimum atomic E-state index is -0.0220. The Morgan fingerprint density at radius 1 is 1.35 bits per heavy atom. The van der Waals surface area contributed by atoms with Crippen LogP contribution in [-0.2, 0) is 11.2 Å². The highest BCUT2D eigenvalue weighted by atomic mass is 16.5. The lowest BCUT2D eigenvalue weighted by Crippen LogP contribution is -2.33. The van der Waals surface area contributed by atoms with E-state index in [2.05, 4.69) is 5.32 Å². The zero-order chi connectivity index (χ0) is 12.4. The van der Waals surface area contributed by atoms with E-state index in [0.717, 1.165) is 23.4 Å². The van der Waals surface area contributed by atoms with Crippen molar-refractivity contribution in [2.75, 3.05) is 5.32 Å². The first-order chi connectivity index (χ1) is 8.06. The summed E-state index contributed by atoms with van der Waals surface area (Å²) in [5.41, 5.74) is 7.77. The summed E-state index contributed by atoms with van der Waals surface area (Å²) >= 11 is 0. The zero-order valence-electron chi connectivity index (χ0n) is 10.2. The van der Waals surface area contributed by atoms with Crippen LogP contribution in [0.25, 0.3) is 0 Å². The molecule has 1 aromatic rings. The van der Waals surface area contributed by atoms with Gasteiger partial charge >= 0.3 is 0 Å². The Morgan fingerprint density at radius 2 is 2.12 bits per heavy atom. The molecule has 0 spiro atoms. The van der Waals surface area contributed by atoms with Crippen molar-refractivity contribution in [2.24, 2.45) is 5.73 Å². The molecule has 0 aromatic heterocycles. The van der Waals surface area contributed by atoms with Gasteiger partial charge in [0.15, 0.2) is 0 Å². The number of amides is 1. The monoisotopic (exact) mass is 234 g/mol. The summed E-state index contributed by atoms with van der Waals surface area (Å²) < 4.78 is 5.73. The fourth-order valence-corrected chi connectivity index (χ4v) is 1.76. The molecule has 0 fully saturated rings. The third kappa shape index (κ3) is 2.77. The van der Waals surface area contributed by atoms with Crippen LogP contribution in [0.2, 0.25) is 0 Å². The highest BCUT2D eigenvalue weighted by molar-refractivity contribution is 5.93. The summed E-state index contributed by atoms with van der Waals surface area (Å²) in [7, 11) is 0. The number of nitrogens with two attached hydrogens (primary N) is 1. The number of rotatable bonds is 3. The Morgan fingerprint density at radius 3 is 2.82 bits per heavy atom. The van der Waals surface area contributed by atoms with Crippen LogP contribution < -0.4 is 15.8 Å². The molecule has 0 radical (unpaired) electrons. The quantitative estimate of drug-likeness (QED) is 0.836.